The number of nitrogens with zero attached hydrogens (tertiary/aromatic N) is 2. The molecule has 0 saturated carbocycles. The zero-order valence-electron chi connectivity index (χ0n) is 10.7. The van der Waals surface area contributed by atoms with Crippen LogP contribution in [0, 0.1) is 21.4 Å². The van der Waals surface area contributed by atoms with Gasteiger partial charge in [-0.1, -0.05) is 6.92 Å². The van der Waals surface area contributed by atoms with Gasteiger partial charge in [0.1, 0.15) is 5.75 Å². The van der Waals surface area contributed by atoms with Gasteiger partial charge in [0.2, 0.25) is 0 Å². The quantitative estimate of drug-likeness (QED) is 0.553. The molecule has 1 unspecified atom stereocenters. The number of hydrogen-bond acceptors (Lipinski definition) is 5. The van der Waals surface area contributed by atoms with Gasteiger partial charge in [-0.15, -0.1) is 0 Å². The van der Waals surface area contributed by atoms with Crippen LogP contribution in [0.1, 0.15) is 13.3 Å². The van der Waals surface area contributed by atoms with Gasteiger partial charge in [0, 0.05) is 18.6 Å². The van der Waals surface area contributed by atoms with E-state index in [1.165, 1.54) is 12.1 Å². The lowest BCUT2D eigenvalue weighted by atomic mass is 10.2. The number of benzene rings is 1. The minimum Gasteiger partial charge on any atom is -0.491 e. The second kappa shape index (κ2) is 8.19. The van der Waals surface area contributed by atoms with E-state index in [1.54, 1.807) is 0 Å². The molecule has 0 amide bonds. The van der Waals surface area contributed by atoms with Crippen LogP contribution in [0.15, 0.2) is 21.1 Å². The van der Waals surface area contributed by atoms with Crippen molar-refractivity contribution in [3.05, 3.63) is 31.2 Å². The van der Waals surface area contributed by atoms with Gasteiger partial charge in [-0.3, -0.25) is 10.1 Å². The average Bonchev–Trinajstić information content (AvgIpc) is 2.40. The third-order valence-electron chi connectivity index (χ3n) is 2.45. The molecule has 1 atom stereocenters. The number of hydrogen-bond donors (Lipinski definition) is 1. The minimum absolute atomic E-state index is 0.0290. The second-order valence-corrected chi connectivity index (χ2v) is 5.58. The summed E-state index contributed by atoms with van der Waals surface area (Å²) in [4.78, 5) is 10.2. The molecule has 0 spiro atoms. The van der Waals surface area contributed by atoms with Crippen LogP contribution in [0.2, 0.25) is 0 Å². The molecular formula is C12H13Br2N3O3. The summed E-state index contributed by atoms with van der Waals surface area (Å²) in [6.07, 6.45) is 0.528. The Kier molecular flexibility index (Phi) is 6.91. The molecule has 0 aliphatic rings. The highest BCUT2D eigenvalue weighted by Crippen LogP contribution is 2.37. The number of nitro groups is 1. The van der Waals surface area contributed by atoms with E-state index in [4.69, 9.17) is 10.00 Å². The number of nitrogens with one attached hydrogen (secondary N) is 1. The fraction of sp³-hybridized carbons (Fsp3) is 0.417. The molecule has 1 N–H and O–H groups in total. The van der Waals surface area contributed by atoms with Crippen LogP contribution in [0.4, 0.5) is 5.69 Å². The summed E-state index contributed by atoms with van der Waals surface area (Å²) in [6, 6.07) is 4.63. The third-order valence-corrected chi connectivity index (χ3v) is 3.63. The molecule has 1 rings (SSSR count). The van der Waals surface area contributed by atoms with Gasteiger partial charge in [0.25, 0.3) is 5.69 Å². The Balaban J connectivity index is 2.70. The van der Waals surface area contributed by atoms with Crippen molar-refractivity contribution in [3.63, 3.8) is 0 Å². The van der Waals surface area contributed by atoms with Crippen LogP contribution >= 0.6 is 31.9 Å². The number of ether oxygens (including phenoxy) is 1. The van der Waals surface area contributed by atoms with Gasteiger partial charge < -0.3 is 10.1 Å². The van der Waals surface area contributed by atoms with E-state index < -0.39 is 4.92 Å². The molecule has 0 aliphatic carbocycles. The van der Waals surface area contributed by atoms with Crippen LogP contribution < -0.4 is 10.1 Å². The molecule has 108 valence electrons. The molecule has 1 aromatic rings. The average molecular weight is 407 g/mol. The Labute approximate surface area is 133 Å². The number of rotatable bonds is 7. The SMILES string of the molecule is CCNC(C#N)CCOc1c(Br)cc([N+](=O)[O-])cc1Br. The van der Waals surface area contributed by atoms with E-state index in [-0.39, 0.29) is 11.7 Å². The lowest BCUT2D eigenvalue weighted by Gasteiger charge is -2.13. The van der Waals surface area contributed by atoms with E-state index >= 15 is 0 Å². The maximum atomic E-state index is 10.7. The molecule has 0 bridgehead atoms. The second-order valence-electron chi connectivity index (χ2n) is 3.87. The van der Waals surface area contributed by atoms with Crippen LogP contribution in [0.5, 0.6) is 5.75 Å². The van der Waals surface area contributed by atoms with Gasteiger partial charge in [-0.05, 0) is 38.4 Å². The van der Waals surface area contributed by atoms with Crippen molar-refractivity contribution in [1.29, 1.82) is 5.26 Å². The number of non-ortho nitro benzene ring substituents is 1. The van der Waals surface area contributed by atoms with Crippen LogP contribution in [0.25, 0.3) is 0 Å². The molecular weight excluding hydrogens is 394 g/mol. The van der Waals surface area contributed by atoms with Gasteiger partial charge in [-0.25, -0.2) is 0 Å². The first-order chi connectivity index (χ1) is 9.49. The van der Waals surface area contributed by atoms with Crippen molar-refractivity contribution in [2.45, 2.75) is 19.4 Å². The predicted octanol–water partition coefficient (Wildman–Crippen LogP) is 3.39. The van der Waals surface area contributed by atoms with Crippen molar-refractivity contribution in [2.75, 3.05) is 13.2 Å². The molecule has 6 nitrogen and oxygen atoms in total. The normalized spacial score (nSPS) is 11.7. The molecule has 0 radical (unpaired) electrons. The van der Waals surface area contributed by atoms with Crippen molar-refractivity contribution in [1.82, 2.24) is 5.32 Å². The number of nitriles is 1. The molecule has 0 fully saturated rings. The van der Waals surface area contributed by atoms with E-state index in [1.807, 2.05) is 6.92 Å². The Morgan fingerprint density at radius 1 is 1.50 bits per heavy atom. The summed E-state index contributed by atoms with van der Waals surface area (Å²) in [5, 5.41) is 22.6. The van der Waals surface area contributed by atoms with Crippen molar-refractivity contribution < 1.29 is 9.66 Å². The fourth-order valence-corrected chi connectivity index (χ4v) is 2.92. The topological polar surface area (TPSA) is 88.2 Å². The molecule has 0 aliphatic heterocycles. The highest BCUT2D eigenvalue weighted by Gasteiger charge is 2.15. The molecule has 0 saturated heterocycles. The van der Waals surface area contributed by atoms with Crippen molar-refractivity contribution >= 4 is 37.5 Å². The molecule has 8 heteroatoms. The highest BCUT2D eigenvalue weighted by atomic mass is 79.9. The largest absolute Gasteiger partial charge is 0.491 e. The fourth-order valence-electron chi connectivity index (χ4n) is 1.53. The Bertz CT molecular complexity index is 508. The van der Waals surface area contributed by atoms with E-state index in [0.29, 0.717) is 34.3 Å². The Morgan fingerprint density at radius 2 is 2.10 bits per heavy atom. The third kappa shape index (κ3) is 4.74. The molecule has 0 heterocycles. The molecule has 20 heavy (non-hydrogen) atoms. The monoisotopic (exact) mass is 405 g/mol. The first-order valence-electron chi connectivity index (χ1n) is 5.88. The molecule has 0 aromatic heterocycles. The number of nitro benzene ring substituents is 1. The van der Waals surface area contributed by atoms with Crippen LogP contribution in [-0.2, 0) is 0 Å². The first-order valence-corrected chi connectivity index (χ1v) is 7.47. The van der Waals surface area contributed by atoms with Crippen molar-refractivity contribution in [2.24, 2.45) is 0 Å². The first kappa shape index (κ1) is 16.9. The summed E-state index contributed by atoms with van der Waals surface area (Å²) in [5.74, 6) is 0.490. The van der Waals surface area contributed by atoms with Gasteiger partial charge in [0.05, 0.1) is 32.6 Å². The zero-order valence-corrected chi connectivity index (χ0v) is 13.9. The molecule has 1 aromatic carbocycles. The maximum absolute atomic E-state index is 10.7. The van der Waals surface area contributed by atoms with Crippen molar-refractivity contribution in [3.8, 4) is 11.8 Å². The summed E-state index contributed by atoms with van der Waals surface area (Å²) in [6.45, 7) is 2.97. The summed E-state index contributed by atoms with van der Waals surface area (Å²) in [5.41, 5.74) is -0.0290. The lowest BCUT2D eigenvalue weighted by Crippen LogP contribution is -2.28. The maximum Gasteiger partial charge on any atom is 0.271 e. The summed E-state index contributed by atoms with van der Waals surface area (Å²) >= 11 is 6.48. The van der Waals surface area contributed by atoms with Gasteiger partial charge in [0.15, 0.2) is 0 Å². The van der Waals surface area contributed by atoms with E-state index in [0.717, 1.165) is 0 Å². The standard InChI is InChI=1S/C12H13Br2N3O3/c1-2-16-8(7-15)3-4-20-12-10(13)5-9(17(18)19)6-11(12)14/h5-6,8,16H,2-4H2,1H3. The number of halogens is 2. The lowest BCUT2D eigenvalue weighted by molar-refractivity contribution is -0.385. The summed E-state index contributed by atoms with van der Waals surface area (Å²) in [7, 11) is 0. The van der Waals surface area contributed by atoms with E-state index in [2.05, 4.69) is 43.2 Å². The predicted molar refractivity (Wildman–Crippen MR) is 81.7 cm³/mol. The van der Waals surface area contributed by atoms with Gasteiger partial charge >= 0.3 is 0 Å². The smallest absolute Gasteiger partial charge is 0.271 e. The minimum atomic E-state index is -0.476. The summed E-state index contributed by atoms with van der Waals surface area (Å²) < 4.78 is 6.57. The highest BCUT2D eigenvalue weighted by molar-refractivity contribution is 9.11. The van der Waals surface area contributed by atoms with Crippen LogP contribution in [0.3, 0.4) is 0 Å². The van der Waals surface area contributed by atoms with E-state index in [9.17, 15) is 10.1 Å². The van der Waals surface area contributed by atoms with Crippen LogP contribution in [-0.4, -0.2) is 24.1 Å². The zero-order chi connectivity index (χ0) is 15.1. The Hall–Kier alpha value is -1.17. The Morgan fingerprint density at radius 3 is 2.55 bits per heavy atom. The van der Waals surface area contributed by atoms with Gasteiger partial charge in [-0.2, -0.15) is 5.26 Å².